The van der Waals surface area contributed by atoms with E-state index in [0.29, 0.717) is 17.9 Å². The number of hydrogen-bond acceptors (Lipinski definition) is 5. The SMILES string of the molecule is CONc1cc(Br)ccc1/N=C(\N)NCCC(=O)OC(C)C. The van der Waals surface area contributed by atoms with E-state index in [0.717, 1.165) is 4.47 Å². The van der Waals surface area contributed by atoms with Crippen LogP contribution in [0.5, 0.6) is 0 Å². The fraction of sp³-hybridized carbons (Fsp3) is 0.429. The van der Waals surface area contributed by atoms with Gasteiger partial charge in [0.05, 0.1) is 31.0 Å². The molecule has 0 aromatic heterocycles. The number of ether oxygens (including phenoxy) is 1. The fourth-order valence-electron chi connectivity index (χ4n) is 1.58. The Bertz CT molecular complexity index is 535. The van der Waals surface area contributed by atoms with Gasteiger partial charge < -0.3 is 15.8 Å². The van der Waals surface area contributed by atoms with Crippen LogP contribution < -0.4 is 16.5 Å². The van der Waals surface area contributed by atoms with E-state index in [1.165, 1.54) is 7.11 Å². The van der Waals surface area contributed by atoms with Crippen molar-refractivity contribution >= 4 is 39.2 Å². The number of nitrogens with two attached hydrogens (primary N) is 1. The van der Waals surface area contributed by atoms with E-state index >= 15 is 0 Å². The predicted octanol–water partition coefficient (Wildman–Crippen LogP) is 2.30. The summed E-state index contributed by atoms with van der Waals surface area (Å²) in [6.07, 6.45) is 0.0988. The lowest BCUT2D eigenvalue weighted by Gasteiger charge is -2.10. The van der Waals surface area contributed by atoms with Crippen molar-refractivity contribution in [3.05, 3.63) is 22.7 Å². The number of anilines is 1. The van der Waals surface area contributed by atoms with Gasteiger partial charge in [0.15, 0.2) is 5.96 Å². The molecule has 1 rings (SSSR count). The van der Waals surface area contributed by atoms with Crippen LogP contribution in [-0.4, -0.2) is 31.7 Å². The summed E-state index contributed by atoms with van der Waals surface area (Å²) >= 11 is 3.37. The topological polar surface area (TPSA) is 98.0 Å². The first-order chi connectivity index (χ1) is 10.4. The molecule has 0 atom stereocenters. The minimum atomic E-state index is -0.277. The summed E-state index contributed by atoms with van der Waals surface area (Å²) in [5.74, 6) is -0.0699. The van der Waals surface area contributed by atoms with Crippen molar-refractivity contribution in [2.24, 2.45) is 10.7 Å². The molecule has 0 saturated carbocycles. The predicted molar refractivity (Wildman–Crippen MR) is 89.9 cm³/mol. The number of halogens is 1. The van der Waals surface area contributed by atoms with Gasteiger partial charge in [-0.15, -0.1) is 0 Å². The lowest BCUT2D eigenvalue weighted by molar-refractivity contribution is -0.147. The standard InChI is InChI=1S/C14H21BrN4O3/c1-9(2)22-13(20)6-7-17-14(16)18-11-5-4-10(15)8-12(11)19-21-3/h4-5,8-9,19H,6-7H2,1-3H3,(H3,16,17,18). The van der Waals surface area contributed by atoms with Gasteiger partial charge in [0.1, 0.15) is 0 Å². The maximum absolute atomic E-state index is 11.4. The number of guanidine groups is 1. The summed E-state index contributed by atoms with van der Waals surface area (Å²) in [5, 5.41) is 2.87. The lowest BCUT2D eigenvalue weighted by Crippen LogP contribution is -2.33. The number of esters is 1. The first-order valence-corrected chi connectivity index (χ1v) is 7.57. The minimum absolute atomic E-state index is 0.121. The van der Waals surface area contributed by atoms with Crippen LogP contribution in [0.2, 0.25) is 0 Å². The van der Waals surface area contributed by atoms with Crippen LogP contribution in [0.4, 0.5) is 11.4 Å². The highest BCUT2D eigenvalue weighted by Gasteiger charge is 2.06. The number of carbonyl (C=O) groups is 1. The highest BCUT2D eigenvalue weighted by Crippen LogP contribution is 2.28. The highest BCUT2D eigenvalue weighted by molar-refractivity contribution is 9.10. The Morgan fingerprint density at radius 2 is 2.18 bits per heavy atom. The van der Waals surface area contributed by atoms with Crippen molar-refractivity contribution in [2.45, 2.75) is 26.4 Å². The van der Waals surface area contributed by atoms with E-state index in [1.807, 2.05) is 12.1 Å². The van der Waals surface area contributed by atoms with Crippen molar-refractivity contribution in [1.29, 1.82) is 0 Å². The number of nitrogens with zero attached hydrogens (tertiary/aromatic N) is 1. The van der Waals surface area contributed by atoms with Crippen LogP contribution in [0.15, 0.2) is 27.7 Å². The monoisotopic (exact) mass is 372 g/mol. The van der Waals surface area contributed by atoms with Gasteiger partial charge in [-0.2, -0.15) is 0 Å². The molecule has 0 aliphatic heterocycles. The van der Waals surface area contributed by atoms with Gasteiger partial charge >= 0.3 is 5.97 Å². The van der Waals surface area contributed by atoms with E-state index in [1.54, 1.807) is 19.9 Å². The molecule has 1 aromatic carbocycles. The Balaban J connectivity index is 2.59. The molecule has 22 heavy (non-hydrogen) atoms. The summed E-state index contributed by atoms with van der Waals surface area (Å²) < 4.78 is 5.91. The van der Waals surface area contributed by atoms with Gasteiger partial charge in [-0.1, -0.05) is 15.9 Å². The maximum atomic E-state index is 11.4. The molecular formula is C14H21BrN4O3. The largest absolute Gasteiger partial charge is 0.463 e. The third-order valence-corrected chi connectivity index (χ3v) is 2.91. The normalized spacial score (nSPS) is 11.4. The first-order valence-electron chi connectivity index (χ1n) is 6.78. The van der Waals surface area contributed by atoms with Gasteiger partial charge in [0, 0.05) is 11.0 Å². The second-order valence-corrected chi connectivity index (χ2v) is 5.60. The Morgan fingerprint density at radius 3 is 2.82 bits per heavy atom. The molecule has 4 N–H and O–H groups in total. The van der Waals surface area contributed by atoms with E-state index in [9.17, 15) is 4.79 Å². The van der Waals surface area contributed by atoms with Crippen LogP contribution in [0.1, 0.15) is 20.3 Å². The molecule has 0 heterocycles. The second-order valence-electron chi connectivity index (χ2n) is 4.68. The quantitative estimate of drug-likeness (QED) is 0.294. The molecule has 122 valence electrons. The molecule has 0 aliphatic rings. The number of nitrogens with one attached hydrogen (secondary N) is 2. The van der Waals surface area contributed by atoms with Gasteiger partial charge in [0.2, 0.25) is 0 Å². The number of benzene rings is 1. The molecule has 0 bridgehead atoms. The zero-order chi connectivity index (χ0) is 16.5. The number of carbonyl (C=O) groups excluding carboxylic acids is 1. The summed E-state index contributed by atoms with van der Waals surface area (Å²) in [6, 6.07) is 5.44. The fourth-order valence-corrected chi connectivity index (χ4v) is 1.94. The third-order valence-electron chi connectivity index (χ3n) is 2.41. The van der Waals surface area contributed by atoms with Crippen molar-refractivity contribution < 1.29 is 14.4 Å². The Kier molecular flexibility index (Phi) is 7.69. The third kappa shape index (κ3) is 6.77. The molecule has 0 amide bonds. The van der Waals surface area contributed by atoms with Crippen LogP contribution in [0.3, 0.4) is 0 Å². The molecule has 0 fully saturated rings. The van der Waals surface area contributed by atoms with E-state index in [4.69, 9.17) is 15.3 Å². The number of aliphatic imine (C=N–C) groups is 1. The summed E-state index contributed by atoms with van der Waals surface area (Å²) in [7, 11) is 1.51. The Labute approximate surface area is 138 Å². The second kappa shape index (κ2) is 9.26. The van der Waals surface area contributed by atoms with Crippen LogP contribution >= 0.6 is 15.9 Å². The number of hydrogen-bond donors (Lipinski definition) is 3. The van der Waals surface area contributed by atoms with E-state index in [2.05, 4.69) is 31.7 Å². The molecule has 8 heteroatoms. The average Bonchev–Trinajstić information content (AvgIpc) is 2.41. The van der Waals surface area contributed by atoms with E-state index in [-0.39, 0.29) is 24.5 Å². The minimum Gasteiger partial charge on any atom is -0.463 e. The molecule has 0 radical (unpaired) electrons. The van der Waals surface area contributed by atoms with Crippen LogP contribution in [0, 0.1) is 0 Å². The molecule has 7 nitrogen and oxygen atoms in total. The lowest BCUT2D eigenvalue weighted by atomic mass is 10.3. The van der Waals surface area contributed by atoms with Gasteiger partial charge in [-0.3, -0.25) is 15.1 Å². The zero-order valence-electron chi connectivity index (χ0n) is 12.9. The Morgan fingerprint density at radius 1 is 1.45 bits per heavy atom. The smallest absolute Gasteiger partial charge is 0.307 e. The van der Waals surface area contributed by atoms with Gasteiger partial charge in [-0.25, -0.2) is 4.99 Å². The molecule has 0 saturated heterocycles. The van der Waals surface area contributed by atoms with Crippen molar-refractivity contribution in [3.63, 3.8) is 0 Å². The van der Waals surface area contributed by atoms with Crippen LogP contribution in [-0.2, 0) is 14.4 Å². The van der Waals surface area contributed by atoms with Crippen molar-refractivity contribution in [3.8, 4) is 0 Å². The average molecular weight is 373 g/mol. The number of rotatable bonds is 7. The highest BCUT2D eigenvalue weighted by atomic mass is 79.9. The van der Waals surface area contributed by atoms with Gasteiger partial charge in [-0.05, 0) is 32.0 Å². The van der Waals surface area contributed by atoms with E-state index < -0.39 is 0 Å². The zero-order valence-corrected chi connectivity index (χ0v) is 14.4. The van der Waals surface area contributed by atoms with Crippen molar-refractivity contribution in [1.82, 2.24) is 5.32 Å². The summed E-state index contributed by atoms with van der Waals surface area (Å²) in [6.45, 7) is 3.96. The molecule has 0 aliphatic carbocycles. The van der Waals surface area contributed by atoms with Crippen molar-refractivity contribution in [2.75, 3.05) is 19.1 Å². The molecule has 0 spiro atoms. The van der Waals surface area contributed by atoms with Crippen LogP contribution in [0.25, 0.3) is 0 Å². The first kappa shape index (κ1) is 18.2. The summed E-state index contributed by atoms with van der Waals surface area (Å²) in [4.78, 5) is 20.5. The molecular weight excluding hydrogens is 352 g/mol. The maximum Gasteiger partial charge on any atom is 0.307 e. The molecule has 1 aromatic rings. The Hall–Kier alpha value is -1.80. The van der Waals surface area contributed by atoms with Gasteiger partial charge in [0.25, 0.3) is 0 Å². The molecule has 0 unspecified atom stereocenters. The summed E-state index contributed by atoms with van der Waals surface area (Å²) in [5.41, 5.74) is 9.80.